The summed E-state index contributed by atoms with van der Waals surface area (Å²) < 4.78 is 10.5. The summed E-state index contributed by atoms with van der Waals surface area (Å²) in [5, 5.41) is 3.42. The predicted octanol–water partition coefficient (Wildman–Crippen LogP) is 1.48. The van der Waals surface area contributed by atoms with E-state index in [2.05, 4.69) is 40.3 Å². The third-order valence-corrected chi connectivity index (χ3v) is 5.08. The van der Waals surface area contributed by atoms with Crippen molar-refractivity contribution in [2.75, 3.05) is 40.4 Å². The molecule has 1 saturated heterocycles. The van der Waals surface area contributed by atoms with E-state index in [0.717, 1.165) is 44.2 Å². The summed E-state index contributed by atoms with van der Waals surface area (Å²) in [5.41, 5.74) is 2.60. The van der Waals surface area contributed by atoms with Gasteiger partial charge in [0, 0.05) is 33.1 Å². The van der Waals surface area contributed by atoms with E-state index < -0.39 is 0 Å². The summed E-state index contributed by atoms with van der Waals surface area (Å²) >= 11 is 0. The van der Waals surface area contributed by atoms with Crippen LogP contribution in [0.3, 0.4) is 0 Å². The fraction of sp³-hybridized carbons (Fsp3) is 0.579. The average Bonchev–Trinajstić information content (AvgIpc) is 3.24. The van der Waals surface area contributed by atoms with Crippen LogP contribution in [0.2, 0.25) is 0 Å². The van der Waals surface area contributed by atoms with Gasteiger partial charge in [0.05, 0.1) is 19.6 Å². The number of fused-ring (bicyclic) bond motifs is 1. The van der Waals surface area contributed by atoms with Crippen molar-refractivity contribution in [3.8, 4) is 5.75 Å². The number of esters is 1. The second-order valence-electron chi connectivity index (χ2n) is 6.78. The number of carbonyl (C=O) groups excluding carboxylic acids is 1. The van der Waals surface area contributed by atoms with Gasteiger partial charge in [-0.3, -0.25) is 9.79 Å². The Kier molecular flexibility index (Phi) is 5.46. The molecule has 1 fully saturated rings. The highest BCUT2D eigenvalue weighted by Gasteiger charge is 2.36. The minimum atomic E-state index is -0.134. The molecule has 6 heteroatoms. The molecule has 0 spiro atoms. The second-order valence-corrected chi connectivity index (χ2v) is 6.78. The van der Waals surface area contributed by atoms with Crippen LogP contribution in [-0.2, 0) is 22.4 Å². The van der Waals surface area contributed by atoms with Crippen molar-refractivity contribution < 1.29 is 14.3 Å². The van der Waals surface area contributed by atoms with Crippen molar-refractivity contribution in [2.45, 2.75) is 19.8 Å². The van der Waals surface area contributed by atoms with Crippen LogP contribution in [0.1, 0.15) is 18.1 Å². The SMILES string of the molecule is CN=C(NCCc1ccc2c(c1)CCO2)N1CC(C)C(C(=O)OC)C1. The zero-order valence-electron chi connectivity index (χ0n) is 15.2. The lowest BCUT2D eigenvalue weighted by molar-refractivity contribution is -0.145. The number of rotatable bonds is 4. The molecule has 2 aliphatic heterocycles. The Labute approximate surface area is 149 Å². The van der Waals surface area contributed by atoms with Crippen LogP contribution in [-0.4, -0.2) is 57.2 Å². The Morgan fingerprint density at radius 2 is 2.28 bits per heavy atom. The van der Waals surface area contributed by atoms with Crippen LogP contribution in [0, 0.1) is 11.8 Å². The van der Waals surface area contributed by atoms with Crippen molar-refractivity contribution in [3.05, 3.63) is 29.3 Å². The van der Waals surface area contributed by atoms with E-state index in [1.807, 2.05) is 0 Å². The molecule has 2 unspecified atom stereocenters. The number of ether oxygens (including phenoxy) is 2. The lowest BCUT2D eigenvalue weighted by atomic mass is 9.99. The lowest BCUT2D eigenvalue weighted by Gasteiger charge is -2.21. The number of hydrogen-bond acceptors (Lipinski definition) is 4. The standard InChI is InChI=1S/C19H27N3O3/c1-13-11-22(12-16(13)18(23)24-3)19(20-2)21-8-6-14-4-5-17-15(10-14)7-9-25-17/h4-5,10,13,16H,6-9,11-12H2,1-3H3,(H,20,21). The van der Waals surface area contributed by atoms with E-state index in [1.54, 1.807) is 7.05 Å². The molecule has 2 aliphatic rings. The van der Waals surface area contributed by atoms with Gasteiger partial charge in [-0.1, -0.05) is 19.1 Å². The van der Waals surface area contributed by atoms with Gasteiger partial charge in [-0.05, 0) is 29.5 Å². The Morgan fingerprint density at radius 1 is 1.44 bits per heavy atom. The molecule has 0 bridgehead atoms. The largest absolute Gasteiger partial charge is 0.493 e. The fourth-order valence-corrected chi connectivity index (χ4v) is 3.64. The summed E-state index contributed by atoms with van der Waals surface area (Å²) in [6.07, 6.45) is 1.93. The quantitative estimate of drug-likeness (QED) is 0.509. The normalized spacial score (nSPS) is 22.5. The second kappa shape index (κ2) is 7.76. The van der Waals surface area contributed by atoms with Crippen molar-refractivity contribution >= 4 is 11.9 Å². The molecular weight excluding hydrogens is 318 g/mol. The smallest absolute Gasteiger partial charge is 0.310 e. The maximum absolute atomic E-state index is 11.9. The number of benzene rings is 1. The highest BCUT2D eigenvalue weighted by molar-refractivity contribution is 5.82. The highest BCUT2D eigenvalue weighted by atomic mass is 16.5. The van der Waals surface area contributed by atoms with Crippen LogP contribution in [0.4, 0.5) is 0 Å². The Bertz CT molecular complexity index is 659. The van der Waals surface area contributed by atoms with Gasteiger partial charge in [0.1, 0.15) is 5.75 Å². The number of carbonyl (C=O) groups is 1. The third kappa shape index (κ3) is 3.89. The number of hydrogen-bond donors (Lipinski definition) is 1. The summed E-state index contributed by atoms with van der Waals surface area (Å²) in [6.45, 7) is 5.15. The van der Waals surface area contributed by atoms with E-state index in [4.69, 9.17) is 9.47 Å². The van der Waals surface area contributed by atoms with E-state index in [-0.39, 0.29) is 17.8 Å². The first-order valence-corrected chi connectivity index (χ1v) is 8.90. The third-order valence-electron chi connectivity index (χ3n) is 5.08. The van der Waals surface area contributed by atoms with Crippen LogP contribution < -0.4 is 10.1 Å². The summed E-state index contributed by atoms with van der Waals surface area (Å²) in [4.78, 5) is 18.4. The first-order valence-electron chi connectivity index (χ1n) is 8.90. The van der Waals surface area contributed by atoms with E-state index >= 15 is 0 Å². The summed E-state index contributed by atoms with van der Waals surface area (Å²) in [6, 6.07) is 6.42. The predicted molar refractivity (Wildman–Crippen MR) is 96.9 cm³/mol. The van der Waals surface area contributed by atoms with Gasteiger partial charge in [0.15, 0.2) is 5.96 Å². The topological polar surface area (TPSA) is 63.2 Å². The molecular formula is C19H27N3O3. The molecule has 25 heavy (non-hydrogen) atoms. The van der Waals surface area contributed by atoms with Gasteiger partial charge in [0.2, 0.25) is 0 Å². The van der Waals surface area contributed by atoms with Crippen LogP contribution in [0.15, 0.2) is 23.2 Å². The van der Waals surface area contributed by atoms with Crippen molar-refractivity contribution in [2.24, 2.45) is 16.8 Å². The maximum Gasteiger partial charge on any atom is 0.310 e. The maximum atomic E-state index is 11.9. The number of likely N-dealkylation sites (tertiary alicyclic amines) is 1. The van der Waals surface area contributed by atoms with Gasteiger partial charge in [-0.2, -0.15) is 0 Å². The van der Waals surface area contributed by atoms with Crippen molar-refractivity contribution in [1.29, 1.82) is 0 Å². The molecule has 0 radical (unpaired) electrons. The number of methoxy groups -OCH3 is 1. The molecule has 0 amide bonds. The molecule has 1 aromatic rings. The molecule has 1 N–H and O–H groups in total. The monoisotopic (exact) mass is 345 g/mol. The number of nitrogens with one attached hydrogen (secondary N) is 1. The molecule has 0 saturated carbocycles. The van der Waals surface area contributed by atoms with Crippen LogP contribution in [0.5, 0.6) is 5.75 Å². The average molecular weight is 345 g/mol. The zero-order valence-corrected chi connectivity index (χ0v) is 15.2. The Hall–Kier alpha value is -2.24. The minimum Gasteiger partial charge on any atom is -0.493 e. The number of guanidine groups is 1. The van der Waals surface area contributed by atoms with Crippen molar-refractivity contribution in [3.63, 3.8) is 0 Å². The summed E-state index contributed by atoms with van der Waals surface area (Å²) in [7, 11) is 3.23. The Balaban J connectivity index is 1.52. The minimum absolute atomic E-state index is 0.0831. The Morgan fingerprint density at radius 3 is 3.04 bits per heavy atom. The molecule has 6 nitrogen and oxygen atoms in total. The van der Waals surface area contributed by atoms with E-state index in [0.29, 0.717) is 6.54 Å². The van der Waals surface area contributed by atoms with Gasteiger partial charge < -0.3 is 19.7 Å². The summed E-state index contributed by atoms with van der Waals surface area (Å²) in [5.74, 6) is 1.92. The van der Waals surface area contributed by atoms with Gasteiger partial charge in [-0.25, -0.2) is 0 Å². The number of aliphatic imine (C=N–C) groups is 1. The van der Waals surface area contributed by atoms with Crippen LogP contribution in [0.25, 0.3) is 0 Å². The molecule has 3 rings (SSSR count). The zero-order chi connectivity index (χ0) is 17.8. The molecule has 1 aromatic carbocycles. The first kappa shape index (κ1) is 17.6. The molecule has 136 valence electrons. The van der Waals surface area contributed by atoms with Crippen LogP contribution >= 0.6 is 0 Å². The fourth-order valence-electron chi connectivity index (χ4n) is 3.64. The van der Waals surface area contributed by atoms with E-state index in [9.17, 15) is 4.79 Å². The lowest BCUT2D eigenvalue weighted by Crippen LogP contribution is -2.41. The van der Waals surface area contributed by atoms with Crippen molar-refractivity contribution in [1.82, 2.24) is 10.2 Å². The molecule has 2 atom stereocenters. The first-order chi connectivity index (χ1) is 12.1. The highest BCUT2D eigenvalue weighted by Crippen LogP contribution is 2.26. The molecule has 2 heterocycles. The molecule has 0 aliphatic carbocycles. The number of nitrogens with zero attached hydrogens (tertiary/aromatic N) is 2. The van der Waals surface area contributed by atoms with Gasteiger partial charge in [-0.15, -0.1) is 0 Å². The molecule has 0 aromatic heterocycles. The van der Waals surface area contributed by atoms with E-state index in [1.165, 1.54) is 18.2 Å². The van der Waals surface area contributed by atoms with Gasteiger partial charge in [0.25, 0.3) is 0 Å². The van der Waals surface area contributed by atoms with Gasteiger partial charge >= 0.3 is 5.97 Å².